The number of hydrogen-bond acceptors (Lipinski definition) is 4. The molecule has 4 heteroatoms. The number of carbonyl (C=O) groups is 1. The highest BCUT2D eigenvalue weighted by molar-refractivity contribution is 5.77. The van der Waals surface area contributed by atoms with Gasteiger partial charge >= 0.3 is 5.97 Å². The first-order chi connectivity index (χ1) is 8.20. The minimum absolute atomic E-state index is 0.178. The maximum Gasteiger partial charge on any atom is 0.325 e. The number of anilines is 2. The smallest absolute Gasteiger partial charge is 0.325 e. The first-order valence-electron chi connectivity index (χ1n) is 5.99. The third-order valence-electron chi connectivity index (χ3n) is 2.95. The molecule has 0 amide bonds. The Morgan fingerprint density at radius 1 is 1.53 bits per heavy atom. The lowest BCUT2D eigenvalue weighted by Gasteiger charge is -2.30. The van der Waals surface area contributed by atoms with Crippen molar-refractivity contribution in [2.24, 2.45) is 0 Å². The van der Waals surface area contributed by atoms with Crippen molar-refractivity contribution in [2.75, 3.05) is 30.3 Å². The molecule has 0 spiro atoms. The molecule has 1 aliphatic heterocycles. The number of nitrogens with zero attached hydrogens (tertiary/aromatic N) is 1. The number of carbonyl (C=O) groups excluding carboxylic acids is 1. The van der Waals surface area contributed by atoms with Gasteiger partial charge < -0.3 is 15.4 Å². The molecule has 1 aliphatic rings. The SMILES string of the molecule is CCOC(=O)CN1CCCc2ccc(N)cc21. The number of benzene rings is 1. The zero-order valence-corrected chi connectivity index (χ0v) is 10.1. The molecule has 0 saturated carbocycles. The van der Waals surface area contributed by atoms with E-state index in [1.54, 1.807) is 0 Å². The lowest BCUT2D eigenvalue weighted by atomic mass is 10.0. The third kappa shape index (κ3) is 2.70. The molecule has 1 heterocycles. The summed E-state index contributed by atoms with van der Waals surface area (Å²) in [5.41, 5.74) is 8.86. The Morgan fingerprint density at radius 2 is 2.35 bits per heavy atom. The predicted octanol–water partition coefficient (Wildman–Crippen LogP) is 1.58. The second-order valence-corrected chi connectivity index (χ2v) is 4.22. The summed E-state index contributed by atoms with van der Waals surface area (Å²) in [4.78, 5) is 13.6. The number of hydrogen-bond donors (Lipinski definition) is 1. The van der Waals surface area contributed by atoms with Gasteiger partial charge in [0.2, 0.25) is 0 Å². The lowest BCUT2D eigenvalue weighted by molar-refractivity contribution is -0.141. The van der Waals surface area contributed by atoms with Crippen molar-refractivity contribution in [3.63, 3.8) is 0 Å². The molecule has 2 N–H and O–H groups in total. The van der Waals surface area contributed by atoms with Gasteiger partial charge in [-0.2, -0.15) is 0 Å². The number of fused-ring (bicyclic) bond motifs is 1. The van der Waals surface area contributed by atoms with Crippen molar-refractivity contribution in [1.82, 2.24) is 0 Å². The van der Waals surface area contributed by atoms with Gasteiger partial charge in [0.15, 0.2) is 0 Å². The summed E-state index contributed by atoms with van der Waals surface area (Å²) in [6, 6.07) is 5.89. The van der Waals surface area contributed by atoms with Crippen LogP contribution in [-0.2, 0) is 16.0 Å². The van der Waals surface area contributed by atoms with Gasteiger partial charge in [0.25, 0.3) is 0 Å². The van der Waals surface area contributed by atoms with Crippen LogP contribution in [0.15, 0.2) is 18.2 Å². The number of ether oxygens (including phenoxy) is 1. The van der Waals surface area contributed by atoms with Crippen LogP contribution in [0.25, 0.3) is 0 Å². The van der Waals surface area contributed by atoms with Gasteiger partial charge in [-0.05, 0) is 37.5 Å². The van der Waals surface area contributed by atoms with Gasteiger partial charge in [-0.15, -0.1) is 0 Å². The van der Waals surface area contributed by atoms with Crippen molar-refractivity contribution in [3.05, 3.63) is 23.8 Å². The zero-order chi connectivity index (χ0) is 12.3. The van der Waals surface area contributed by atoms with Crippen LogP contribution < -0.4 is 10.6 Å². The number of rotatable bonds is 3. The molecule has 17 heavy (non-hydrogen) atoms. The molecule has 0 bridgehead atoms. The van der Waals surface area contributed by atoms with Crippen LogP contribution in [0.4, 0.5) is 11.4 Å². The fourth-order valence-corrected chi connectivity index (χ4v) is 2.19. The van der Waals surface area contributed by atoms with E-state index >= 15 is 0 Å². The van der Waals surface area contributed by atoms with E-state index in [9.17, 15) is 4.79 Å². The van der Waals surface area contributed by atoms with Crippen LogP contribution in [0.1, 0.15) is 18.9 Å². The quantitative estimate of drug-likeness (QED) is 0.637. The van der Waals surface area contributed by atoms with E-state index in [1.807, 2.05) is 30.0 Å². The number of nitrogens with two attached hydrogens (primary N) is 1. The second-order valence-electron chi connectivity index (χ2n) is 4.22. The molecular weight excluding hydrogens is 216 g/mol. The molecule has 1 aromatic rings. The molecule has 4 nitrogen and oxygen atoms in total. The van der Waals surface area contributed by atoms with Crippen molar-refractivity contribution in [1.29, 1.82) is 0 Å². The van der Waals surface area contributed by atoms with Gasteiger partial charge in [-0.1, -0.05) is 6.07 Å². The molecule has 0 unspecified atom stereocenters. The first kappa shape index (κ1) is 11.8. The van der Waals surface area contributed by atoms with Crippen LogP contribution in [0, 0.1) is 0 Å². The molecule has 0 radical (unpaired) electrons. The Bertz CT molecular complexity index is 418. The monoisotopic (exact) mass is 234 g/mol. The highest BCUT2D eigenvalue weighted by Crippen LogP contribution is 2.28. The van der Waals surface area contributed by atoms with Crippen LogP contribution >= 0.6 is 0 Å². The fraction of sp³-hybridized carbons (Fsp3) is 0.462. The molecule has 0 atom stereocenters. The average Bonchev–Trinajstić information content (AvgIpc) is 2.30. The summed E-state index contributed by atoms with van der Waals surface area (Å²) in [5, 5.41) is 0. The maximum absolute atomic E-state index is 11.5. The molecule has 0 fully saturated rings. The Hall–Kier alpha value is -1.71. The van der Waals surface area contributed by atoms with Crippen LogP contribution in [0.2, 0.25) is 0 Å². The zero-order valence-electron chi connectivity index (χ0n) is 10.1. The number of esters is 1. The summed E-state index contributed by atoms with van der Waals surface area (Å²) >= 11 is 0. The van der Waals surface area contributed by atoms with E-state index in [0.29, 0.717) is 13.2 Å². The second kappa shape index (κ2) is 5.08. The predicted molar refractivity (Wildman–Crippen MR) is 68.0 cm³/mol. The molecule has 0 aromatic heterocycles. The number of aryl methyl sites for hydroxylation is 1. The minimum Gasteiger partial charge on any atom is -0.465 e. The Labute approximate surface area is 101 Å². The molecule has 0 saturated heterocycles. The van der Waals surface area contributed by atoms with Gasteiger partial charge in [-0.25, -0.2) is 0 Å². The Balaban J connectivity index is 2.16. The van der Waals surface area contributed by atoms with Gasteiger partial charge in [0.05, 0.1) is 6.61 Å². The Kier molecular flexibility index (Phi) is 3.52. The maximum atomic E-state index is 11.5. The summed E-state index contributed by atoms with van der Waals surface area (Å²) in [7, 11) is 0. The minimum atomic E-state index is -0.178. The van der Waals surface area contributed by atoms with Crippen LogP contribution in [0.3, 0.4) is 0 Å². The molecule has 0 aliphatic carbocycles. The lowest BCUT2D eigenvalue weighted by Crippen LogP contribution is -2.35. The van der Waals surface area contributed by atoms with E-state index < -0.39 is 0 Å². The van der Waals surface area contributed by atoms with Gasteiger partial charge in [-0.3, -0.25) is 4.79 Å². The molecule has 92 valence electrons. The summed E-state index contributed by atoms with van der Waals surface area (Å²) in [6.45, 7) is 3.44. The topological polar surface area (TPSA) is 55.6 Å². The van der Waals surface area contributed by atoms with Gasteiger partial charge in [0, 0.05) is 17.9 Å². The largest absolute Gasteiger partial charge is 0.465 e. The van der Waals surface area contributed by atoms with E-state index in [4.69, 9.17) is 10.5 Å². The van der Waals surface area contributed by atoms with Crippen LogP contribution in [-0.4, -0.2) is 25.7 Å². The standard InChI is InChI=1S/C13H18N2O2/c1-2-17-13(16)9-15-7-3-4-10-5-6-11(14)8-12(10)15/h5-6,8H,2-4,7,9,14H2,1H3. The molecular formula is C13H18N2O2. The third-order valence-corrected chi connectivity index (χ3v) is 2.95. The molecule has 1 aromatic carbocycles. The van der Waals surface area contributed by atoms with E-state index in [0.717, 1.165) is 30.8 Å². The van der Waals surface area contributed by atoms with E-state index in [2.05, 4.69) is 0 Å². The summed E-state index contributed by atoms with van der Waals surface area (Å²) in [5.74, 6) is -0.178. The van der Waals surface area contributed by atoms with Crippen molar-refractivity contribution in [2.45, 2.75) is 19.8 Å². The van der Waals surface area contributed by atoms with Gasteiger partial charge in [0.1, 0.15) is 6.54 Å². The highest BCUT2D eigenvalue weighted by atomic mass is 16.5. The normalized spacial score (nSPS) is 14.3. The van der Waals surface area contributed by atoms with Crippen molar-refractivity contribution < 1.29 is 9.53 Å². The summed E-state index contributed by atoms with van der Waals surface area (Å²) in [6.07, 6.45) is 2.12. The summed E-state index contributed by atoms with van der Waals surface area (Å²) < 4.78 is 4.98. The average molecular weight is 234 g/mol. The fourth-order valence-electron chi connectivity index (χ4n) is 2.19. The van der Waals surface area contributed by atoms with Crippen LogP contribution in [0.5, 0.6) is 0 Å². The number of nitrogen functional groups attached to an aromatic ring is 1. The van der Waals surface area contributed by atoms with E-state index in [-0.39, 0.29) is 5.97 Å². The first-order valence-corrected chi connectivity index (χ1v) is 5.99. The van der Waals surface area contributed by atoms with E-state index in [1.165, 1.54) is 5.56 Å². The highest BCUT2D eigenvalue weighted by Gasteiger charge is 2.19. The van der Waals surface area contributed by atoms with Crippen molar-refractivity contribution in [3.8, 4) is 0 Å². The van der Waals surface area contributed by atoms with Crippen molar-refractivity contribution >= 4 is 17.3 Å². The Morgan fingerprint density at radius 3 is 3.12 bits per heavy atom. The molecule has 2 rings (SSSR count).